The molecule has 2 aromatic rings. The van der Waals surface area contributed by atoms with E-state index in [9.17, 15) is 5.11 Å². The average molecular weight is 346 g/mol. The van der Waals surface area contributed by atoms with Crippen molar-refractivity contribution in [2.45, 2.75) is 32.4 Å². The van der Waals surface area contributed by atoms with Crippen molar-refractivity contribution in [1.82, 2.24) is 15.1 Å². The highest BCUT2D eigenvalue weighted by Gasteiger charge is 2.20. The van der Waals surface area contributed by atoms with E-state index < -0.39 is 6.10 Å². The van der Waals surface area contributed by atoms with E-state index in [2.05, 4.69) is 29.2 Å². The zero-order valence-electron chi connectivity index (χ0n) is 16.1. The summed E-state index contributed by atoms with van der Waals surface area (Å²) >= 11 is 0. The quantitative estimate of drug-likeness (QED) is 0.769. The third kappa shape index (κ3) is 4.32. The van der Waals surface area contributed by atoms with E-state index in [0.29, 0.717) is 24.8 Å². The number of nitrogens with one attached hydrogen (secondary N) is 1. The standard InChI is InChI=1S/C19H30N4O2/c1-13(2)18-15(19(22(3)4)23(5)21-18)11-20-12-16(24)14-9-7-8-10-17(14)25-6/h7-10,13,16,20,24H,11-12H2,1-6H3/t16-/m0/s1. The van der Waals surface area contributed by atoms with Gasteiger partial charge in [-0.1, -0.05) is 32.0 Å². The van der Waals surface area contributed by atoms with Crippen LogP contribution in [0.5, 0.6) is 5.75 Å². The number of aliphatic hydroxyl groups is 1. The molecule has 6 heteroatoms. The highest BCUT2D eigenvalue weighted by Crippen LogP contribution is 2.28. The fourth-order valence-electron chi connectivity index (χ4n) is 3.16. The molecule has 0 spiro atoms. The molecule has 1 aromatic carbocycles. The van der Waals surface area contributed by atoms with Gasteiger partial charge in [0.15, 0.2) is 0 Å². The highest BCUT2D eigenvalue weighted by molar-refractivity contribution is 5.50. The monoisotopic (exact) mass is 346 g/mol. The second-order valence-corrected chi connectivity index (χ2v) is 6.75. The third-order valence-corrected chi connectivity index (χ3v) is 4.25. The van der Waals surface area contributed by atoms with Crippen LogP contribution in [-0.2, 0) is 13.6 Å². The number of aromatic nitrogens is 2. The van der Waals surface area contributed by atoms with Crippen LogP contribution in [0.1, 0.15) is 42.7 Å². The number of rotatable bonds is 8. The number of para-hydroxylation sites is 1. The first-order valence-corrected chi connectivity index (χ1v) is 8.61. The van der Waals surface area contributed by atoms with Crippen LogP contribution in [0.15, 0.2) is 24.3 Å². The maximum atomic E-state index is 10.5. The van der Waals surface area contributed by atoms with Crippen molar-refractivity contribution in [3.63, 3.8) is 0 Å². The molecule has 2 rings (SSSR count). The van der Waals surface area contributed by atoms with Crippen LogP contribution in [0, 0.1) is 0 Å². The van der Waals surface area contributed by atoms with Crippen LogP contribution in [0.25, 0.3) is 0 Å². The van der Waals surface area contributed by atoms with Gasteiger partial charge in [-0.2, -0.15) is 5.10 Å². The van der Waals surface area contributed by atoms with E-state index in [1.807, 2.05) is 50.1 Å². The normalized spacial score (nSPS) is 12.5. The van der Waals surface area contributed by atoms with Crippen LogP contribution in [-0.4, -0.2) is 42.6 Å². The first-order valence-electron chi connectivity index (χ1n) is 8.61. The van der Waals surface area contributed by atoms with Gasteiger partial charge in [0, 0.05) is 45.4 Å². The van der Waals surface area contributed by atoms with Gasteiger partial charge in [0.2, 0.25) is 0 Å². The minimum Gasteiger partial charge on any atom is -0.496 e. The number of anilines is 1. The van der Waals surface area contributed by atoms with Gasteiger partial charge >= 0.3 is 0 Å². The zero-order chi connectivity index (χ0) is 18.6. The Bertz CT molecular complexity index is 695. The number of benzene rings is 1. The van der Waals surface area contributed by atoms with Gasteiger partial charge in [-0.05, 0) is 12.0 Å². The van der Waals surface area contributed by atoms with E-state index in [0.717, 1.165) is 17.1 Å². The lowest BCUT2D eigenvalue weighted by molar-refractivity contribution is 0.170. The van der Waals surface area contributed by atoms with Gasteiger partial charge in [0.05, 0.1) is 18.9 Å². The van der Waals surface area contributed by atoms with Gasteiger partial charge in [-0.15, -0.1) is 0 Å². The molecule has 0 aliphatic carbocycles. The Balaban J connectivity index is 2.11. The molecule has 0 fully saturated rings. The minimum absolute atomic E-state index is 0.343. The lowest BCUT2D eigenvalue weighted by Crippen LogP contribution is -2.23. The summed E-state index contributed by atoms with van der Waals surface area (Å²) in [4.78, 5) is 2.08. The Kier molecular flexibility index (Phi) is 6.45. The summed E-state index contributed by atoms with van der Waals surface area (Å²) in [6, 6.07) is 7.56. The van der Waals surface area contributed by atoms with Crippen LogP contribution in [0.2, 0.25) is 0 Å². The highest BCUT2D eigenvalue weighted by atomic mass is 16.5. The predicted molar refractivity (Wildman–Crippen MR) is 101 cm³/mol. The van der Waals surface area contributed by atoms with Crippen molar-refractivity contribution in [2.75, 3.05) is 32.6 Å². The van der Waals surface area contributed by atoms with Crippen molar-refractivity contribution < 1.29 is 9.84 Å². The summed E-state index contributed by atoms with van der Waals surface area (Å²) in [5.74, 6) is 2.13. The second-order valence-electron chi connectivity index (χ2n) is 6.75. The Labute approximate surface area is 150 Å². The molecule has 138 valence electrons. The van der Waals surface area contributed by atoms with Crippen LogP contribution < -0.4 is 15.0 Å². The molecular formula is C19H30N4O2. The molecular weight excluding hydrogens is 316 g/mol. The summed E-state index contributed by atoms with van der Waals surface area (Å²) in [7, 11) is 7.63. The molecule has 1 aromatic heterocycles. The molecule has 0 radical (unpaired) electrons. The summed E-state index contributed by atoms with van der Waals surface area (Å²) < 4.78 is 7.25. The van der Waals surface area contributed by atoms with Gasteiger partial charge in [-0.25, -0.2) is 0 Å². The number of aryl methyl sites for hydroxylation is 1. The third-order valence-electron chi connectivity index (χ3n) is 4.25. The van der Waals surface area contributed by atoms with Crippen molar-refractivity contribution in [2.24, 2.45) is 7.05 Å². The van der Waals surface area contributed by atoms with E-state index in [-0.39, 0.29) is 0 Å². The Morgan fingerprint density at radius 3 is 2.56 bits per heavy atom. The van der Waals surface area contributed by atoms with Gasteiger partial charge < -0.3 is 20.1 Å². The van der Waals surface area contributed by atoms with E-state index in [1.54, 1.807) is 7.11 Å². The fraction of sp³-hybridized carbons (Fsp3) is 0.526. The lowest BCUT2D eigenvalue weighted by atomic mass is 10.0. The predicted octanol–water partition coefficient (Wildman–Crippen LogP) is 2.44. The molecule has 0 aliphatic rings. The van der Waals surface area contributed by atoms with E-state index in [4.69, 9.17) is 4.74 Å². The molecule has 6 nitrogen and oxygen atoms in total. The number of hydrogen-bond donors (Lipinski definition) is 2. The Hall–Kier alpha value is -2.05. The molecule has 0 saturated heterocycles. The van der Waals surface area contributed by atoms with Crippen molar-refractivity contribution in [3.05, 3.63) is 41.1 Å². The largest absolute Gasteiger partial charge is 0.496 e. The van der Waals surface area contributed by atoms with Crippen molar-refractivity contribution in [1.29, 1.82) is 0 Å². The van der Waals surface area contributed by atoms with E-state index in [1.165, 1.54) is 5.56 Å². The molecule has 2 N–H and O–H groups in total. The molecule has 25 heavy (non-hydrogen) atoms. The van der Waals surface area contributed by atoms with Gasteiger partial charge in [0.1, 0.15) is 11.6 Å². The number of hydrogen-bond acceptors (Lipinski definition) is 5. The summed E-state index contributed by atoms with van der Waals surface area (Å²) in [5, 5.41) is 18.5. The minimum atomic E-state index is -0.627. The molecule has 0 saturated carbocycles. The average Bonchev–Trinajstić information content (AvgIpc) is 2.91. The Morgan fingerprint density at radius 2 is 1.96 bits per heavy atom. The summed E-state index contributed by atoms with van der Waals surface area (Å²) in [6.45, 7) is 5.39. The first kappa shape index (κ1) is 19.3. The Morgan fingerprint density at radius 1 is 1.28 bits per heavy atom. The molecule has 0 aliphatic heterocycles. The molecule has 1 heterocycles. The molecule has 1 atom stereocenters. The fourth-order valence-corrected chi connectivity index (χ4v) is 3.16. The van der Waals surface area contributed by atoms with Crippen LogP contribution in [0.4, 0.5) is 5.82 Å². The number of aliphatic hydroxyl groups excluding tert-OH is 1. The van der Waals surface area contributed by atoms with Crippen molar-refractivity contribution in [3.8, 4) is 5.75 Å². The van der Waals surface area contributed by atoms with Gasteiger partial charge in [0.25, 0.3) is 0 Å². The van der Waals surface area contributed by atoms with Crippen molar-refractivity contribution >= 4 is 5.82 Å². The second kappa shape index (κ2) is 8.36. The maximum absolute atomic E-state index is 10.5. The number of methoxy groups -OCH3 is 1. The van der Waals surface area contributed by atoms with Gasteiger partial charge in [-0.3, -0.25) is 4.68 Å². The molecule has 0 bridgehead atoms. The number of ether oxygens (including phenoxy) is 1. The molecule has 0 amide bonds. The van der Waals surface area contributed by atoms with Crippen LogP contribution in [0.3, 0.4) is 0 Å². The smallest absolute Gasteiger partial charge is 0.130 e. The SMILES string of the molecule is COc1ccccc1[C@@H](O)CNCc1c(C(C)C)nn(C)c1N(C)C. The lowest BCUT2D eigenvalue weighted by Gasteiger charge is -2.18. The zero-order valence-corrected chi connectivity index (χ0v) is 16.1. The topological polar surface area (TPSA) is 62.6 Å². The van der Waals surface area contributed by atoms with Crippen LogP contribution >= 0.6 is 0 Å². The van der Waals surface area contributed by atoms with E-state index >= 15 is 0 Å². The first-order chi connectivity index (χ1) is 11.9. The number of nitrogens with zero attached hydrogens (tertiary/aromatic N) is 3. The summed E-state index contributed by atoms with van der Waals surface area (Å²) in [6.07, 6.45) is -0.627. The summed E-state index contributed by atoms with van der Waals surface area (Å²) in [5.41, 5.74) is 3.06. The molecule has 0 unspecified atom stereocenters. The maximum Gasteiger partial charge on any atom is 0.130 e.